The number of hydrogen-bond donors (Lipinski definition) is 2. The van der Waals surface area contributed by atoms with E-state index in [0.717, 1.165) is 11.3 Å². The lowest BCUT2D eigenvalue weighted by molar-refractivity contribution is -0.155. The lowest BCUT2D eigenvalue weighted by Crippen LogP contribution is -2.31. The van der Waals surface area contributed by atoms with Gasteiger partial charge in [-0.1, -0.05) is 12.1 Å². The predicted octanol–water partition coefficient (Wildman–Crippen LogP) is 1.83. The van der Waals surface area contributed by atoms with Crippen LogP contribution < -0.4 is 4.74 Å². The molecule has 0 heterocycles. The summed E-state index contributed by atoms with van der Waals surface area (Å²) in [7, 11) is 1.59. The van der Waals surface area contributed by atoms with E-state index in [9.17, 15) is 15.0 Å². The minimum atomic E-state index is -0.961. The maximum absolute atomic E-state index is 11.3. The summed E-state index contributed by atoms with van der Waals surface area (Å²) in [6, 6.07) is 7.32. The zero-order chi connectivity index (χ0) is 14.5. The minimum Gasteiger partial charge on any atom is -0.497 e. The smallest absolute Gasteiger partial charge is 0.333 e. The fourth-order valence-electron chi connectivity index (χ4n) is 2.58. The van der Waals surface area contributed by atoms with E-state index in [-0.39, 0.29) is 12.5 Å². The molecule has 0 saturated heterocycles. The van der Waals surface area contributed by atoms with E-state index in [1.165, 1.54) is 0 Å². The van der Waals surface area contributed by atoms with Crippen molar-refractivity contribution >= 4 is 5.97 Å². The number of carboxylic acids is 1. The highest BCUT2D eigenvalue weighted by atomic mass is 16.5. The van der Waals surface area contributed by atoms with Crippen LogP contribution >= 0.6 is 0 Å². The first-order chi connectivity index (χ1) is 9.60. The molecule has 20 heavy (non-hydrogen) atoms. The van der Waals surface area contributed by atoms with E-state index < -0.39 is 18.2 Å². The number of carboxylic acid groups (broad SMARTS) is 1. The van der Waals surface area contributed by atoms with Crippen molar-refractivity contribution in [3.05, 3.63) is 29.8 Å². The molecule has 0 spiro atoms. The van der Waals surface area contributed by atoms with Crippen LogP contribution in [-0.4, -0.2) is 35.5 Å². The predicted molar refractivity (Wildman–Crippen MR) is 72.6 cm³/mol. The van der Waals surface area contributed by atoms with Crippen molar-refractivity contribution in [3.8, 4) is 5.75 Å². The maximum atomic E-state index is 11.3. The van der Waals surface area contributed by atoms with Gasteiger partial charge in [0.15, 0.2) is 6.10 Å². The molecule has 5 nitrogen and oxygen atoms in total. The summed E-state index contributed by atoms with van der Waals surface area (Å²) in [5, 5.41) is 18.8. The molecule has 2 unspecified atom stereocenters. The van der Waals surface area contributed by atoms with Gasteiger partial charge in [0.25, 0.3) is 0 Å². The zero-order valence-corrected chi connectivity index (χ0v) is 11.5. The van der Waals surface area contributed by atoms with Gasteiger partial charge in [0.1, 0.15) is 5.75 Å². The molecular formula is C15H20O5. The number of rotatable bonds is 6. The average molecular weight is 280 g/mol. The van der Waals surface area contributed by atoms with Crippen LogP contribution in [0.4, 0.5) is 0 Å². The lowest BCUT2D eigenvalue weighted by Gasteiger charge is -2.20. The number of hydrogen-bond acceptors (Lipinski definition) is 4. The van der Waals surface area contributed by atoms with Crippen molar-refractivity contribution < 1.29 is 24.5 Å². The van der Waals surface area contributed by atoms with Crippen LogP contribution in [0.25, 0.3) is 0 Å². The van der Waals surface area contributed by atoms with Gasteiger partial charge in [-0.2, -0.15) is 0 Å². The van der Waals surface area contributed by atoms with Crippen LogP contribution in [0.5, 0.6) is 5.75 Å². The van der Waals surface area contributed by atoms with Gasteiger partial charge in [-0.15, -0.1) is 0 Å². The third kappa shape index (κ3) is 3.71. The first-order valence-corrected chi connectivity index (χ1v) is 6.75. The highest BCUT2D eigenvalue weighted by Gasteiger charge is 2.34. The van der Waals surface area contributed by atoms with Crippen LogP contribution in [0, 0.1) is 5.92 Å². The average Bonchev–Trinajstić information content (AvgIpc) is 2.86. The molecular weight excluding hydrogens is 260 g/mol. The number of methoxy groups -OCH3 is 1. The Bertz CT molecular complexity index is 442. The quantitative estimate of drug-likeness (QED) is 0.831. The van der Waals surface area contributed by atoms with Gasteiger partial charge in [0.2, 0.25) is 0 Å². The summed E-state index contributed by atoms with van der Waals surface area (Å²) in [6.07, 6.45) is 0.599. The number of aliphatic carboxylic acids is 1. The third-order valence-corrected chi connectivity index (χ3v) is 3.71. The molecule has 0 aliphatic heterocycles. The van der Waals surface area contributed by atoms with Crippen LogP contribution in [0.15, 0.2) is 24.3 Å². The molecule has 1 fully saturated rings. The summed E-state index contributed by atoms with van der Waals surface area (Å²) in [6.45, 7) is 0.244. The monoisotopic (exact) mass is 280 g/mol. The molecule has 110 valence electrons. The number of aliphatic hydroxyl groups excluding tert-OH is 1. The molecule has 1 saturated carbocycles. The highest BCUT2D eigenvalue weighted by molar-refractivity contribution is 5.72. The maximum Gasteiger partial charge on any atom is 0.333 e. The fourth-order valence-corrected chi connectivity index (χ4v) is 2.58. The molecule has 0 amide bonds. The number of benzene rings is 1. The molecule has 2 rings (SSSR count). The van der Waals surface area contributed by atoms with Gasteiger partial charge >= 0.3 is 5.97 Å². The van der Waals surface area contributed by atoms with E-state index in [1.807, 2.05) is 24.3 Å². The van der Waals surface area contributed by atoms with Gasteiger partial charge in [-0.05, 0) is 42.9 Å². The molecule has 1 aromatic rings. The molecule has 0 radical (unpaired) electrons. The molecule has 5 heteroatoms. The largest absolute Gasteiger partial charge is 0.497 e. The Kier molecular flexibility index (Phi) is 4.98. The van der Waals surface area contributed by atoms with Crippen molar-refractivity contribution in [2.75, 3.05) is 7.11 Å². The molecule has 0 bridgehead atoms. The Balaban J connectivity index is 1.93. The third-order valence-electron chi connectivity index (χ3n) is 3.71. The minimum absolute atomic E-state index is 0.110. The molecule has 3 atom stereocenters. The second kappa shape index (κ2) is 6.72. The first kappa shape index (κ1) is 14.8. The normalized spacial score (nSPS) is 23.5. The fraction of sp³-hybridized carbons (Fsp3) is 0.533. The van der Waals surface area contributed by atoms with Crippen molar-refractivity contribution in [1.29, 1.82) is 0 Å². The van der Waals surface area contributed by atoms with Crippen LogP contribution in [-0.2, 0) is 16.1 Å². The van der Waals surface area contributed by atoms with Crippen LogP contribution in [0.1, 0.15) is 24.8 Å². The standard InChI is InChI=1S/C15H20O5/c1-19-13-6-2-10(3-7-13)9-20-14(15(17)18)11-4-5-12(16)8-11/h2-3,6-7,11-12,14,16H,4-5,8-9H2,1H3,(H,17,18)/t11?,12-,14?/m1/s1. The van der Waals surface area contributed by atoms with Gasteiger partial charge in [-0.25, -0.2) is 4.79 Å². The Morgan fingerprint density at radius 1 is 1.35 bits per heavy atom. The summed E-state index contributed by atoms with van der Waals surface area (Å²) in [4.78, 5) is 11.3. The molecule has 1 aliphatic carbocycles. The lowest BCUT2D eigenvalue weighted by atomic mass is 10.0. The van der Waals surface area contributed by atoms with E-state index in [0.29, 0.717) is 19.3 Å². The summed E-state index contributed by atoms with van der Waals surface area (Å²) < 4.78 is 10.6. The topological polar surface area (TPSA) is 76.0 Å². The second-order valence-corrected chi connectivity index (χ2v) is 5.14. The number of carbonyl (C=O) groups is 1. The van der Waals surface area contributed by atoms with E-state index in [1.54, 1.807) is 7.11 Å². The second-order valence-electron chi connectivity index (χ2n) is 5.14. The Morgan fingerprint density at radius 2 is 2.05 bits per heavy atom. The first-order valence-electron chi connectivity index (χ1n) is 6.75. The van der Waals surface area contributed by atoms with Gasteiger partial charge in [0, 0.05) is 0 Å². The van der Waals surface area contributed by atoms with Crippen molar-refractivity contribution in [3.63, 3.8) is 0 Å². The van der Waals surface area contributed by atoms with E-state index in [2.05, 4.69) is 0 Å². The van der Waals surface area contributed by atoms with Crippen LogP contribution in [0.2, 0.25) is 0 Å². The van der Waals surface area contributed by atoms with E-state index in [4.69, 9.17) is 9.47 Å². The van der Waals surface area contributed by atoms with Gasteiger partial charge in [0.05, 0.1) is 19.8 Å². The summed E-state index contributed by atoms with van der Waals surface area (Å²) in [5.74, 6) is -0.319. The summed E-state index contributed by atoms with van der Waals surface area (Å²) >= 11 is 0. The zero-order valence-electron chi connectivity index (χ0n) is 11.5. The molecule has 0 aromatic heterocycles. The van der Waals surface area contributed by atoms with Crippen molar-refractivity contribution in [2.45, 2.75) is 38.1 Å². The van der Waals surface area contributed by atoms with Crippen molar-refractivity contribution in [2.24, 2.45) is 5.92 Å². The molecule has 1 aliphatic rings. The Labute approximate surface area is 118 Å². The molecule has 1 aromatic carbocycles. The molecule has 2 N–H and O–H groups in total. The Morgan fingerprint density at radius 3 is 2.55 bits per heavy atom. The van der Waals surface area contributed by atoms with Gasteiger partial charge < -0.3 is 19.7 Å². The Hall–Kier alpha value is -1.59. The van der Waals surface area contributed by atoms with Gasteiger partial charge in [-0.3, -0.25) is 0 Å². The summed E-state index contributed by atoms with van der Waals surface area (Å²) in [5.41, 5.74) is 0.899. The van der Waals surface area contributed by atoms with Crippen LogP contribution in [0.3, 0.4) is 0 Å². The highest BCUT2D eigenvalue weighted by Crippen LogP contribution is 2.30. The SMILES string of the molecule is COc1ccc(COC(C(=O)O)C2CC[C@@H](O)C2)cc1. The van der Waals surface area contributed by atoms with Crippen molar-refractivity contribution in [1.82, 2.24) is 0 Å². The van der Waals surface area contributed by atoms with E-state index >= 15 is 0 Å². The number of ether oxygens (including phenoxy) is 2. The number of aliphatic hydroxyl groups is 1.